The molecule has 0 amide bonds. The Morgan fingerprint density at radius 3 is 3.08 bits per heavy atom. The molecule has 0 aromatic rings. The first-order chi connectivity index (χ1) is 6.45. The Morgan fingerprint density at radius 1 is 1.38 bits per heavy atom. The maximum atomic E-state index is 3.48. The van der Waals surface area contributed by atoms with Gasteiger partial charge in [0.05, 0.1) is 0 Å². The largest absolute Gasteiger partial charge is 0.316 e. The SMILES string of the molecule is C1=CCN(C[C@@H]2CCCNC2)CC1. The van der Waals surface area contributed by atoms with Crippen LogP contribution in [0.1, 0.15) is 19.3 Å². The monoisotopic (exact) mass is 180 g/mol. The number of hydrogen-bond donors (Lipinski definition) is 1. The summed E-state index contributed by atoms with van der Waals surface area (Å²) in [6, 6.07) is 0. The topological polar surface area (TPSA) is 15.3 Å². The Bertz CT molecular complexity index is 171. The molecule has 2 nitrogen and oxygen atoms in total. The Labute approximate surface area is 81.0 Å². The minimum Gasteiger partial charge on any atom is -0.316 e. The second kappa shape index (κ2) is 4.77. The van der Waals surface area contributed by atoms with E-state index in [-0.39, 0.29) is 0 Å². The second-order valence-corrected chi connectivity index (χ2v) is 4.23. The molecule has 1 atom stereocenters. The molecule has 0 radical (unpaired) electrons. The van der Waals surface area contributed by atoms with Crippen LogP contribution in [0, 0.1) is 5.92 Å². The Balaban J connectivity index is 1.72. The van der Waals surface area contributed by atoms with Crippen molar-refractivity contribution < 1.29 is 0 Å². The van der Waals surface area contributed by atoms with Gasteiger partial charge in [-0.3, -0.25) is 4.90 Å². The molecule has 0 aromatic carbocycles. The van der Waals surface area contributed by atoms with E-state index in [1.807, 2.05) is 0 Å². The summed E-state index contributed by atoms with van der Waals surface area (Å²) in [5.41, 5.74) is 0. The van der Waals surface area contributed by atoms with Gasteiger partial charge in [-0.25, -0.2) is 0 Å². The van der Waals surface area contributed by atoms with Gasteiger partial charge in [-0.1, -0.05) is 12.2 Å². The van der Waals surface area contributed by atoms with Crippen LogP contribution in [0.25, 0.3) is 0 Å². The van der Waals surface area contributed by atoms with E-state index in [4.69, 9.17) is 0 Å². The van der Waals surface area contributed by atoms with Gasteiger partial charge in [0.2, 0.25) is 0 Å². The number of hydrogen-bond acceptors (Lipinski definition) is 2. The van der Waals surface area contributed by atoms with Gasteiger partial charge in [0.1, 0.15) is 0 Å². The molecule has 74 valence electrons. The van der Waals surface area contributed by atoms with Crippen LogP contribution in [0.3, 0.4) is 0 Å². The number of nitrogens with zero attached hydrogens (tertiary/aromatic N) is 1. The molecule has 0 unspecified atom stereocenters. The van der Waals surface area contributed by atoms with Crippen LogP contribution in [0.2, 0.25) is 0 Å². The van der Waals surface area contributed by atoms with E-state index in [9.17, 15) is 0 Å². The molecule has 1 saturated heterocycles. The number of piperidine rings is 1. The molecule has 1 fully saturated rings. The molecular weight excluding hydrogens is 160 g/mol. The quantitative estimate of drug-likeness (QED) is 0.643. The van der Waals surface area contributed by atoms with E-state index in [0.29, 0.717) is 0 Å². The third-order valence-electron chi connectivity index (χ3n) is 3.06. The van der Waals surface area contributed by atoms with E-state index < -0.39 is 0 Å². The van der Waals surface area contributed by atoms with Crippen molar-refractivity contribution in [3.05, 3.63) is 12.2 Å². The zero-order valence-corrected chi connectivity index (χ0v) is 8.34. The molecule has 0 spiro atoms. The molecule has 2 heteroatoms. The molecule has 0 aliphatic carbocycles. The molecular formula is C11H20N2. The molecule has 0 saturated carbocycles. The summed E-state index contributed by atoms with van der Waals surface area (Å²) in [5, 5.41) is 3.48. The Kier molecular flexibility index (Phi) is 3.39. The lowest BCUT2D eigenvalue weighted by Crippen LogP contribution is -2.39. The normalized spacial score (nSPS) is 30.6. The summed E-state index contributed by atoms with van der Waals surface area (Å²) >= 11 is 0. The standard InChI is InChI=1S/C11H20N2/c1-2-7-13(8-3-1)10-11-5-4-6-12-9-11/h1-2,11-12H,3-10H2/t11-/m1/s1. The predicted molar refractivity (Wildman–Crippen MR) is 55.8 cm³/mol. The van der Waals surface area contributed by atoms with Crippen molar-refractivity contribution in [2.45, 2.75) is 19.3 Å². The molecule has 2 heterocycles. The smallest absolute Gasteiger partial charge is 0.0163 e. The van der Waals surface area contributed by atoms with E-state index in [2.05, 4.69) is 22.4 Å². The lowest BCUT2D eigenvalue weighted by Gasteiger charge is -2.30. The van der Waals surface area contributed by atoms with Gasteiger partial charge in [-0.05, 0) is 38.3 Å². The van der Waals surface area contributed by atoms with Crippen molar-refractivity contribution in [2.24, 2.45) is 5.92 Å². The minimum absolute atomic E-state index is 0.903. The van der Waals surface area contributed by atoms with Crippen LogP contribution in [-0.2, 0) is 0 Å². The fourth-order valence-electron chi connectivity index (χ4n) is 2.30. The summed E-state index contributed by atoms with van der Waals surface area (Å²) in [6.07, 6.45) is 8.65. The third kappa shape index (κ3) is 2.82. The third-order valence-corrected chi connectivity index (χ3v) is 3.06. The second-order valence-electron chi connectivity index (χ2n) is 4.23. The highest BCUT2D eigenvalue weighted by Gasteiger charge is 2.16. The minimum atomic E-state index is 0.903. The zero-order chi connectivity index (χ0) is 8.93. The average Bonchev–Trinajstić information content (AvgIpc) is 2.21. The summed E-state index contributed by atoms with van der Waals surface area (Å²) in [7, 11) is 0. The van der Waals surface area contributed by atoms with Crippen LogP contribution < -0.4 is 5.32 Å². The zero-order valence-electron chi connectivity index (χ0n) is 8.34. The molecule has 2 aliphatic rings. The highest BCUT2D eigenvalue weighted by Crippen LogP contribution is 2.13. The van der Waals surface area contributed by atoms with Gasteiger partial charge in [0.25, 0.3) is 0 Å². The van der Waals surface area contributed by atoms with Gasteiger partial charge in [-0.15, -0.1) is 0 Å². The highest BCUT2D eigenvalue weighted by molar-refractivity contribution is 4.91. The van der Waals surface area contributed by atoms with Crippen molar-refractivity contribution in [1.29, 1.82) is 0 Å². The lowest BCUT2D eigenvalue weighted by atomic mass is 9.98. The maximum Gasteiger partial charge on any atom is 0.0163 e. The first-order valence-corrected chi connectivity index (χ1v) is 5.53. The lowest BCUT2D eigenvalue weighted by molar-refractivity contribution is 0.222. The number of nitrogens with one attached hydrogen (secondary N) is 1. The summed E-state index contributed by atoms with van der Waals surface area (Å²) in [5.74, 6) is 0.903. The maximum absolute atomic E-state index is 3.48. The number of rotatable bonds is 2. The van der Waals surface area contributed by atoms with Gasteiger partial charge < -0.3 is 5.32 Å². The van der Waals surface area contributed by atoms with Crippen LogP contribution in [0.4, 0.5) is 0 Å². The fourth-order valence-corrected chi connectivity index (χ4v) is 2.30. The van der Waals surface area contributed by atoms with Crippen molar-refractivity contribution in [3.8, 4) is 0 Å². The fraction of sp³-hybridized carbons (Fsp3) is 0.818. The van der Waals surface area contributed by atoms with Gasteiger partial charge >= 0.3 is 0 Å². The molecule has 2 aliphatic heterocycles. The molecule has 0 bridgehead atoms. The first kappa shape index (κ1) is 9.22. The van der Waals surface area contributed by atoms with E-state index in [0.717, 1.165) is 5.92 Å². The van der Waals surface area contributed by atoms with Crippen molar-refractivity contribution in [2.75, 3.05) is 32.7 Å². The van der Waals surface area contributed by atoms with E-state index in [1.54, 1.807) is 0 Å². The Morgan fingerprint density at radius 2 is 2.38 bits per heavy atom. The van der Waals surface area contributed by atoms with Crippen LogP contribution in [0.5, 0.6) is 0 Å². The van der Waals surface area contributed by atoms with Gasteiger partial charge in [0, 0.05) is 19.6 Å². The van der Waals surface area contributed by atoms with Crippen molar-refractivity contribution >= 4 is 0 Å². The first-order valence-electron chi connectivity index (χ1n) is 5.53. The van der Waals surface area contributed by atoms with Crippen LogP contribution >= 0.6 is 0 Å². The Hall–Kier alpha value is -0.340. The van der Waals surface area contributed by atoms with Gasteiger partial charge in [0.15, 0.2) is 0 Å². The molecule has 2 rings (SSSR count). The molecule has 0 aromatic heterocycles. The average molecular weight is 180 g/mol. The molecule has 13 heavy (non-hydrogen) atoms. The van der Waals surface area contributed by atoms with Crippen molar-refractivity contribution in [3.63, 3.8) is 0 Å². The summed E-state index contributed by atoms with van der Waals surface area (Å²) in [6.45, 7) is 6.22. The summed E-state index contributed by atoms with van der Waals surface area (Å²) < 4.78 is 0. The highest BCUT2D eigenvalue weighted by atomic mass is 15.1. The molecule has 1 N–H and O–H groups in total. The van der Waals surface area contributed by atoms with Crippen LogP contribution in [0.15, 0.2) is 12.2 Å². The van der Waals surface area contributed by atoms with E-state index >= 15 is 0 Å². The van der Waals surface area contributed by atoms with E-state index in [1.165, 1.54) is 52.0 Å². The predicted octanol–water partition coefficient (Wildman–Crippen LogP) is 1.25. The van der Waals surface area contributed by atoms with Crippen molar-refractivity contribution in [1.82, 2.24) is 10.2 Å². The van der Waals surface area contributed by atoms with Gasteiger partial charge in [-0.2, -0.15) is 0 Å². The summed E-state index contributed by atoms with van der Waals surface area (Å²) in [4.78, 5) is 2.58. The van der Waals surface area contributed by atoms with Crippen LogP contribution in [-0.4, -0.2) is 37.6 Å².